The van der Waals surface area contributed by atoms with E-state index < -0.39 is 5.60 Å². The van der Waals surface area contributed by atoms with Crippen molar-refractivity contribution in [3.8, 4) is 0 Å². The summed E-state index contributed by atoms with van der Waals surface area (Å²) in [6.45, 7) is 8.41. The Balaban J connectivity index is 2.09. The Morgan fingerprint density at radius 2 is 2.15 bits per heavy atom. The SMILES string of the molecule is CC(C)C(C)(O)CSCC1CNC1. The molecular formula is C10H21NOS. The number of nitrogens with one attached hydrogen (secondary N) is 1. The molecular weight excluding hydrogens is 182 g/mol. The fraction of sp³-hybridized carbons (Fsp3) is 1.00. The first-order chi connectivity index (χ1) is 6.02. The van der Waals surface area contributed by atoms with Crippen LogP contribution >= 0.6 is 11.8 Å². The van der Waals surface area contributed by atoms with E-state index in [4.69, 9.17) is 0 Å². The summed E-state index contributed by atoms with van der Waals surface area (Å²) >= 11 is 1.88. The van der Waals surface area contributed by atoms with Crippen LogP contribution in [0, 0.1) is 11.8 Å². The molecule has 2 nitrogen and oxygen atoms in total. The highest BCUT2D eigenvalue weighted by atomic mass is 32.2. The van der Waals surface area contributed by atoms with E-state index in [0.717, 1.165) is 24.8 Å². The molecule has 1 unspecified atom stereocenters. The molecule has 13 heavy (non-hydrogen) atoms. The van der Waals surface area contributed by atoms with Crippen LogP contribution in [0.4, 0.5) is 0 Å². The molecule has 0 radical (unpaired) electrons. The Bertz CT molecular complexity index is 155. The van der Waals surface area contributed by atoms with Gasteiger partial charge in [0.25, 0.3) is 0 Å². The summed E-state index contributed by atoms with van der Waals surface area (Å²) in [7, 11) is 0. The number of rotatable bonds is 5. The minimum Gasteiger partial charge on any atom is -0.389 e. The summed E-state index contributed by atoms with van der Waals surface area (Å²) in [5.74, 6) is 3.24. The largest absolute Gasteiger partial charge is 0.389 e. The minimum absolute atomic E-state index is 0.347. The number of hydrogen-bond acceptors (Lipinski definition) is 3. The van der Waals surface area contributed by atoms with E-state index in [9.17, 15) is 5.11 Å². The smallest absolute Gasteiger partial charge is 0.0732 e. The van der Waals surface area contributed by atoms with Crippen LogP contribution in [0.5, 0.6) is 0 Å². The Kier molecular flexibility index (Phi) is 4.07. The molecule has 0 spiro atoms. The third-order valence-corrected chi connectivity index (χ3v) is 4.35. The van der Waals surface area contributed by atoms with Gasteiger partial charge in [0.15, 0.2) is 0 Å². The second-order valence-electron chi connectivity index (χ2n) is 4.55. The van der Waals surface area contributed by atoms with Gasteiger partial charge in [0, 0.05) is 5.75 Å². The van der Waals surface area contributed by atoms with E-state index in [1.807, 2.05) is 18.7 Å². The molecule has 1 aliphatic heterocycles. The minimum atomic E-state index is -0.498. The predicted molar refractivity (Wildman–Crippen MR) is 59.1 cm³/mol. The van der Waals surface area contributed by atoms with E-state index in [1.165, 1.54) is 5.75 Å². The molecule has 78 valence electrons. The Morgan fingerprint density at radius 1 is 1.54 bits per heavy atom. The molecule has 2 N–H and O–H groups in total. The standard InChI is InChI=1S/C10H21NOS/c1-8(2)10(3,12)7-13-6-9-4-11-5-9/h8-9,11-12H,4-7H2,1-3H3. The highest BCUT2D eigenvalue weighted by Crippen LogP contribution is 2.23. The van der Waals surface area contributed by atoms with E-state index in [2.05, 4.69) is 19.2 Å². The van der Waals surface area contributed by atoms with Gasteiger partial charge in [0.2, 0.25) is 0 Å². The Hall–Kier alpha value is 0.270. The maximum absolute atomic E-state index is 9.96. The van der Waals surface area contributed by atoms with Crippen molar-refractivity contribution >= 4 is 11.8 Å². The summed E-state index contributed by atoms with van der Waals surface area (Å²) in [4.78, 5) is 0. The molecule has 0 aromatic carbocycles. The lowest BCUT2D eigenvalue weighted by Gasteiger charge is -2.30. The summed E-state index contributed by atoms with van der Waals surface area (Å²) < 4.78 is 0. The molecule has 1 fully saturated rings. The van der Waals surface area contributed by atoms with E-state index in [-0.39, 0.29) is 0 Å². The normalized spacial score (nSPS) is 22.8. The third kappa shape index (κ3) is 3.49. The van der Waals surface area contributed by atoms with Crippen LogP contribution in [0.2, 0.25) is 0 Å². The van der Waals surface area contributed by atoms with E-state index in [0.29, 0.717) is 5.92 Å². The zero-order valence-corrected chi connectivity index (χ0v) is 9.66. The van der Waals surface area contributed by atoms with Gasteiger partial charge < -0.3 is 10.4 Å². The maximum atomic E-state index is 9.96. The van der Waals surface area contributed by atoms with Gasteiger partial charge in [-0.15, -0.1) is 0 Å². The van der Waals surface area contributed by atoms with Crippen LogP contribution < -0.4 is 5.32 Å². The molecule has 0 aromatic heterocycles. The molecule has 0 bridgehead atoms. The topological polar surface area (TPSA) is 32.3 Å². The van der Waals surface area contributed by atoms with Crippen LogP contribution in [-0.2, 0) is 0 Å². The fourth-order valence-electron chi connectivity index (χ4n) is 1.07. The number of aliphatic hydroxyl groups is 1. The molecule has 0 aliphatic carbocycles. The van der Waals surface area contributed by atoms with Crippen LogP contribution in [0.1, 0.15) is 20.8 Å². The average Bonchev–Trinajstić information content (AvgIpc) is 1.94. The monoisotopic (exact) mass is 203 g/mol. The van der Waals surface area contributed by atoms with Crippen molar-refractivity contribution < 1.29 is 5.11 Å². The van der Waals surface area contributed by atoms with Crippen LogP contribution in [0.25, 0.3) is 0 Å². The van der Waals surface area contributed by atoms with Gasteiger partial charge >= 0.3 is 0 Å². The lowest BCUT2D eigenvalue weighted by molar-refractivity contribution is 0.0376. The lowest BCUT2D eigenvalue weighted by atomic mass is 9.95. The quantitative estimate of drug-likeness (QED) is 0.707. The second-order valence-corrected chi connectivity index (χ2v) is 5.58. The van der Waals surface area contributed by atoms with Gasteiger partial charge in [0.1, 0.15) is 0 Å². The van der Waals surface area contributed by atoms with E-state index >= 15 is 0 Å². The maximum Gasteiger partial charge on any atom is 0.0732 e. The molecule has 1 atom stereocenters. The number of hydrogen-bond donors (Lipinski definition) is 2. The van der Waals surface area contributed by atoms with Gasteiger partial charge in [-0.25, -0.2) is 0 Å². The van der Waals surface area contributed by atoms with Gasteiger partial charge in [0.05, 0.1) is 5.60 Å². The average molecular weight is 203 g/mol. The summed E-state index contributed by atoms with van der Waals surface area (Å²) in [5, 5.41) is 13.2. The molecule has 1 rings (SSSR count). The molecule has 1 aliphatic rings. The molecule has 0 aromatic rings. The third-order valence-electron chi connectivity index (χ3n) is 2.86. The first kappa shape index (κ1) is 11.3. The van der Waals surface area contributed by atoms with Crippen molar-refractivity contribution in [3.63, 3.8) is 0 Å². The summed E-state index contributed by atoms with van der Waals surface area (Å²) in [5.41, 5.74) is -0.498. The zero-order valence-electron chi connectivity index (χ0n) is 8.84. The van der Waals surface area contributed by atoms with E-state index in [1.54, 1.807) is 0 Å². The Labute approximate surface area is 85.5 Å². The van der Waals surface area contributed by atoms with Crippen molar-refractivity contribution in [2.45, 2.75) is 26.4 Å². The second kappa shape index (κ2) is 4.67. The van der Waals surface area contributed by atoms with Crippen molar-refractivity contribution in [1.82, 2.24) is 5.32 Å². The molecule has 0 amide bonds. The molecule has 3 heteroatoms. The van der Waals surface area contributed by atoms with Crippen molar-refractivity contribution in [2.24, 2.45) is 11.8 Å². The lowest BCUT2D eigenvalue weighted by Crippen LogP contribution is -2.44. The van der Waals surface area contributed by atoms with Crippen molar-refractivity contribution in [1.29, 1.82) is 0 Å². The summed E-state index contributed by atoms with van der Waals surface area (Å²) in [6.07, 6.45) is 0. The first-order valence-corrected chi connectivity index (χ1v) is 6.18. The van der Waals surface area contributed by atoms with Gasteiger partial charge in [-0.3, -0.25) is 0 Å². The van der Waals surface area contributed by atoms with Gasteiger partial charge in [-0.05, 0) is 37.6 Å². The van der Waals surface area contributed by atoms with Gasteiger partial charge in [-0.2, -0.15) is 11.8 Å². The fourth-order valence-corrected chi connectivity index (χ4v) is 2.50. The predicted octanol–water partition coefficient (Wildman–Crippen LogP) is 1.35. The molecule has 0 saturated carbocycles. The Morgan fingerprint density at radius 3 is 2.54 bits per heavy atom. The molecule has 1 saturated heterocycles. The number of thioether (sulfide) groups is 1. The van der Waals surface area contributed by atoms with Crippen LogP contribution in [-0.4, -0.2) is 35.3 Å². The van der Waals surface area contributed by atoms with Crippen LogP contribution in [0.3, 0.4) is 0 Å². The summed E-state index contributed by atoms with van der Waals surface area (Å²) in [6, 6.07) is 0. The highest BCUT2D eigenvalue weighted by molar-refractivity contribution is 7.99. The van der Waals surface area contributed by atoms with Crippen molar-refractivity contribution in [3.05, 3.63) is 0 Å². The first-order valence-electron chi connectivity index (χ1n) is 5.03. The zero-order chi connectivity index (χ0) is 9.90. The van der Waals surface area contributed by atoms with Crippen LogP contribution in [0.15, 0.2) is 0 Å². The highest BCUT2D eigenvalue weighted by Gasteiger charge is 2.25. The van der Waals surface area contributed by atoms with Crippen molar-refractivity contribution in [2.75, 3.05) is 24.6 Å². The molecule has 1 heterocycles. The van der Waals surface area contributed by atoms with Gasteiger partial charge in [-0.1, -0.05) is 13.8 Å².